The molecule has 9 nitrogen and oxygen atoms in total. The van der Waals surface area contributed by atoms with Gasteiger partial charge in [0.2, 0.25) is 5.95 Å². The first kappa shape index (κ1) is 30.1. The van der Waals surface area contributed by atoms with Gasteiger partial charge in [0.1, 0.15) is 5.82 Å². The molecule has 42 heavy (non-hydrogen) atoms. The van der Waals surface area contributed by atoms with Crippen LogP contribution in [0.25, 0.3) is 22.3 Å². The molecule has 0 amide bonds. The van der Waals surface area contributed by atoms with Crippen LogP contribution in [0.1, 0.15) is 5.56 Å². The molecule has 0 radical (unpaired) electrons. The Kier molecular flexibility index (Phi) is 8.59. The van der Waals surface area contributed by atoms with Crippen molar-refractivity contribution in [1.82, 2.24) is 15.0 Å². The van der Waals surface area contributed by atoms with Crippen molar-refractivity contribution >= 4 is 40.1 Å². The molecular formula is C27H25F6N7O2. The van der Waals surface area contributed by atoms with Gasteiger partial charge in [-0.3, -0.25) is 0 Å². The molecule has 1 fully saturated rings. The highest BCUT2D eigenvalue weighted by atomic mass is 19.4. The van der Waals surface area contributed by atoms with Gasteiger partial charge in [0, 0.05) is 50.2 Å². The highest BCUT2D eigenvalue weighted by molar-refractivity contribution is 5.91. The van der Waals surface area contributed by atoms with E-state index in [-0.39, 0.29) is 22.9 Å². The second-order valence-electron chi connectivity index (χ2n) is 9.06. The molecule has 4 aromatic rings. The number of pyridine rings is 1. The summed E-state index contributed by atoms with van der Waals surface area (Å²) in [5, 5.41) is 10.6. The summed E-state index contributed by atoms with van der Waals surface area (Å²) >= 11 is 0. The number of rotatable bonds is 4. The largest absolute Gasteiger partial charge is 0.490 e. The van der Waals surface area contributed by atoms with Crippen molar-refractivity contribution in [3.63, 3.8) is 0 Å². The number of fused-ring (bicyclic) bond motifs is 1. The van der Waals surface area contributed by atoms with E-state index < -0.39 is 23.9 Å². The number of carboxylic acid groups (broad SMARTS) is 1. The number of anilines is 4. The fourth-order valence-corrected chi connectivity index (χ4v) is 4.51. The van der Waals surface area contributed by atoms with Crippen molar-refractivity contribution in [2.45, 2.75) is 12.4 Å². The van der Waals surface area contributed by atoms with Gasteiger partial charge in [-0.2, -0.15) is 36.3 Å². The topological polar surface area (TPSA) is 120 Å². The lowest BCUT2D eigenvalue weighted by Crippen LogP contribution is -2.46. The van der Waals surface area contributed by atoms with E-state index in [4.69, 9.17) is 15.6 Å². The molecule has 1 aliphatic heterocycles. The van der Waals surface area contributed by atoms with E-state index in [1.54, 1.807) is 25.2 Å². The summed E-state index contributed by atoms with van der Waals surface area (Å²) in [6.45, 7) is 2.55. The van der Waals surface area contributed by atoms with Gasteiger partial charge in [-0.25, -0.2) is 9.78 Å². The number of aliphatic carboxylic acids is 1. The Morgan fingerprint density at radius 3 is 2.05 bits per heavy atom. The van der Waals surface area contributed by atoms with Crippen molar-refractivity contribution in [2.75, 3.05) is 54.1 Å². The van der Waals surface area contributed by atoms with Crippen molar-refractivity contribution in [1.29, 1.82) is 0 Å². The summed E-state index contributed by atoms with van der Waals surface area (Å²) in [7, 11) is 1.68. The smallest absolute Gasteiger partial charge is 0.475 e. The molecule has 0 atom stereocenters. The number of hydrogen-bond acceptors (Lipinski definition) is 8. The Balaban J connectivity index is 0.000000517. The number of alkyl halides is 6. The fraction of sp³-hybridized carbons (Fsp3) is 0.259. The van der Waals surface area contributed by atoms with Crippen LogP contribution in [0.15, 0.2) is 60.7 Å². The number of carboxylic acids is 1. The molecule has 15 heteroatoms. The molecule has 1 saturated heterocycles. The first-order valence-electron chi connectivity index (χ1n) is 12.5. The minimum absolute atomic E-state index is 0.00661. The SMILES string of the molecule is CNc1nc(N)nc2nc(-c3c(N4CCN(c5ccccc5)CC4)cccc3C(F)(F)F)ccc12.O=C(O)C(F)(F)F. The van der Waals surface area contributed by atoms with E-state index in [1.807, 2.05) is 35.2 Å². The summed E-state index contributed by atoms with van der Waals surface area (Å²) in [6, 6.07) is 17.5. The summed E-state index contributed by atoms with van der Waals surface area (Å²) in [4.78, 5) is 25.9. The van der Waals surface area contributed by atoms with Crippen molar-refractivity contribution < 1.29 is 36.2 Å². The third kappa shape index (κ3) is 6.72. The maximum atomic E-state index is 14.2. The van der Waals surface area contributed by atoms with E-state index in [0.717, 1.165) is 11.8 Å². The summed E-state index contributed by atoms with van der Waals surface area (Å²) in [5.74, 6) is -2.30. The van der Waals surface area contributed by atoms with Crippen LogP contribution in [-0.4, -0.2) is 65.4 Å². The first-order valence-corrected chi connectivity index (χ1v) is 12.5. The molecule has 2 aromatic heterocycles. The fourth-order valence-electron chi connectivity index (χ4n) is 4.51. The number of nitrogen functional groups attached to an aromatic ring is 1. The zero-order valence-corrected chi connectivity index (χ0v) is 22.0. The lowest BCUT2D eigenvalue weighted by Gasteiger charge is -2.38. The zero-order valence-electron chi connectivity index (χ0n) is 22.0. The molecule has 4 N–H and O–H groups in total. The highest BCUT2D eigenvalue weighted by Crippen LogP contribution is 2.42. The average Bonchev–Trinajstić information content (AvgIpc) is 2.96. The summed E-state index contributed by atoms with van der Waals surface area (Å²) < 4.78 is 74.2. The van der Waals surface area contributed by atoms with Crippen LogP contribution in [0, 0.1) is 0 Å². The monoisotopic (exact) mass is 593 g/mol. The Morgan fingerprint density at radius 1 is 0.857 bits per heavy atom. The predicted octanol–water partition coefficient (Wildman–Crippen LogP) is 5.29. The van der Waals surface area contributed by atoms with Gasteiger partial charge in [-0.15, -0.1) is 0 Å². The summed E-state index contributed by atoms with van der Waals surface area (Å²) in [6.07, 6.45) is -9.63. The first-order chi connectivity index (χ1) is 19.8. The minimum atomic E-state index is -5.08. The van der Waals surface area contributed by atoms with Crippen LogP contribution >= 0.6 is 0 Å². The van der Waals surface area contributed by atoms with E-state index in [1.165, 1.54) is 6.07 Å². The second-order valence-corrected chi connectivity index (χ2v) is 9.06. The number of aromatic nitrogens is 3. The van der Waals surface area contributed by atoms with Crippen LogP contribution in [0.4, 0.5) is 49.5 Å². The average molecular weight is 594 g/mol. The predicted molar refractivity (Wildman–Crippen MR) is 146 cm³/mol. The normalized spacial score (nSPS) is 13.9. The third-order valence-corrected chi connectivity index (χ3v) is 6.40. The number of nitrogens with two attached hydrogens (primary N) is 1. The number of piperazine rings is 1. The molecule has 3 heterocycles. The minimum Gasteiger partial charge on any atom is -0.475 e. The van der Waals surface area contributed by atoms with Crippen molar-refractivity contribution in [2.24, 2.45) is 0 Å². The van der Waals surface area contributed by atoms with Gasteiger partial charge in [0.25, 0.3) is 0 Å². The number of nitrogens with zero attached hydrogens (tertiary/aromatic N) is 5. The van der Waals surface area contributed by atoms with Gasteiger partial charge in [-0.1, -0.05) is 24.3 Å². The molecule has 222 valence electrons. The number of para-hydroxylation sites is 1. The Hall–Kier alpha value is -4.82. The number of hydrogen-bond donors (Lipinski definition) is 3. The number of nitrogens with one attached hydrogen (secondary N) is 1. The van der Waals surface area contributed by atoms with Gasteiger partial charge >= 0.3 is 18.3 Å². The Morgan fingerprint density at radius 2 is 1.48 bits per heavy atom. The van der Waals surface area contributed by atoms with Gasteiger partial charge < -0.3 is 26.0 Å². The Bertz CT molecular complexity index is 1560. The lowest BCUT2D eigenvalue weighted by atomic mass is 9.99. The number of carbonyl (C=O) groups is 1. The van der Waals surface area contributed by atoms with E-state index in [9.17, 15) is 26.3 Å². The third-order valence-electron chi connectivity index (χ3n) is 6.40. The van der Waals surface area contributed by atoms with Gasteiger partial charge in [0.15, 0.2) is 5.65 Å². The van der Waals surface area contributed by atoms with Crippen molar-refractivity contribution in [3.05, 3.63) is 66.2 Å². The molecule has 1 aliphatic rings. The van der Waals surface area contributed by atoms with Crippen molar-refractivity contribution in [3.8, 4) is 11.3 Å². The molecule has 0 spiro atoms. The molecule has 2 aromatic carbocycles. The van der Waals surface area contributed by atoms with Crippen LogP contribution in [0.5, 0.6) is 0 Å². The van der Waals surface area contributed by atoms with E-state index in [0.29, 0.717) is 43.1 Å². The van der Waals surface area contributed by atoms with Crippen LogP contribution < -0.4 is 20.9 Å². The molecular weight excluding hydrogens is 568 g/mol. The van der Waals surface area contributed by atoms with Crippen LogP contribution in [0.3, 0.4) is 0 Å². The number of benzene rings is 2. The quantitative estimate of drug-likeness (QED) is 0.271. The second kappa shape index (κ2) is 12.0. The maximum absolute atomic E-state index is 14.2. The highest BCUT2D eigenvalue weighted by Gasteiger charge is 2.38. The molecule has 0 aliphatic carbocycles. The standard InChI is InChI=1S/C25H24F3N7.C2HF3O2/c1-30-22-17-10-11-19(31-23(17)33-24(29)32-22)21-18(25(26,27)28)8-5-9-20(21)35-14-12-34(13-15-35)16-6-3-2-4-7-16;3-2(4,5)1(6)7/h2-11H,12-15H2,1H3,(H3,29,30,31,32,33);(H,6,7). The Labute approximate surface area is 235 Å². The van der Waals surface area contributed by atoms with Crippen LogP contribution in [-0.2, 0) is 11.0 Å². The molecule has 5 rings (SSSR count). The molecule has 0 bridgehead atoms. The molecule has 0 unspecified atom stereocenters. The number of halogens is 6. The van der Waals surface area contributed by atoms with Gasteiger partial charge in [0.05, 0.1) is 16.6 Å². The summed E-state index contributed by atoms with van der Waals surface area (Å²) in [5.41, 5.74) is 7.12. The van der Waals surface area contributed by atoms with Crippen LogP contribution in [0.2, 0.25) is 0 Å². The lowest BCUT2D eigenvalue weighted by molar-refractivity contribution is -0.192. The maximum Gasteiger partial charge on any atom is 0.490 e. The zero-order chi connectivity index (χ0) is 30.7. The van der Waals surface area contributed by atoms with Gasteiger partial charge in [-0.05, 0) is 36.4 Å². The molecule has 0 saturated carbocycles. The van der Waals surface area contributed by atoms with E-state index >= 15 is 0 Å². The van der Waals surface area contributed by atoms with E-state index in [2.05, 4.69) is 25.2 Å².